The molecule has 0 amide bonds. The fourth-order valence-electron chi connectivity index (χ4n) is 2.57. The summed E-state index contributed by atoms with van der Waals surface area (Å²) in [6.45, 7) is 3.10. The van der Waals surface area contributed by atoms with Gasteiger partial charge in [-0.2, -0.15) is 0 Å². The molecule has 8 heteroatoms. The van der Waals surface area contributed by atoms with Crippen molar-refractivity contribution in [3.05, 3.63) is 23.3 Å². The monoisotopic (exact) mass is 344 g/mol. The van der Waals surface area contributed by atoms with Crippen molar-refractivity contribution in [1.29, 1.82) is 0 Å². The van der Waals surface area contributed by atoms with Crippen LogP contribution >= 0.6 is 0 Å². The van der Waals surface area contributed by atoms with Crippen LogP contribution in [0.4, 0.5) is 0 Å². The summed E-state index contributed by atoms with van der Waals surface area (Å²) in [4.78, 5) is 11.9. The molecule has 1 fully saturated rings. The third-order valence-electron chi connectivity index (χ3n) is 3.89. The summed E-state index contributed by atoms with van der Waals surface area (Å²) in [5, 5.41) is 38.4. The lowest BCUT2D eigenvalue weighted by Crippen LogP contribution is -2.59. The molecule has 0 aliphatic carbocycles. The van der Waals surface area contributed by atoms with E-state index in [1.807, 2.05) is 19.9 Å². The van der Waals surface area contributed by atoms with Crippen LogP contribution in [0.25, 0.3) is 0 Å². The summed E-state index contributed by atoms with van der Waals surface area (Å²) in [6, 6.07) is 0. The zero-order chi connectivity index (χ0) is 17.9. The molecule has 0 radical (unpaired) electrons. The lowest BCUT2D eigenvalue weighted by atomic mass is 9.99. The van der Waals surface area contributed by atoms with Gasteiger partial charge in [0.25, 0.3) is 0 Å². The van der Waals surface area contributed by atoms with E-state index in [0.717, 1.165) is 5.57 Å². The molecule has 136 valence electrons. The van der Waals surface area contributed by atoms with Crippen molar-refractivity contribution in [1.82, 2.24) is 0 Å². The minimum atomic E-state index is -1.52. The quantitative estimate of drug-likeness (QED) is 0.370. The van der Waals surface area contributed by atoms with E-state index >= 15 is 0 Å². The predicted molar refractivity (Wildman–Crippen MR) is 81.7 cm³/mol. The first-order valence-electron chi connectivity index (χ1n) is 7.80. The number of hydrogen-bond donors (Lipinski definition) is 4. The van der Waals surface area contributed by atoms with Crippen molar-refractivity contribution >= 4 is 5.97 Å². The molecule has 0 aromatic heterocycles. The highest BCUT2D eigenvalue weighted by Gasteiger charge is 2.44. The Labute approximate surface area is 140 Å². The van der Waals surface area contributed by atoms with Crippen LogP contribution in [0.15, 0.2) is 23.3 Å². The minimum absolute atomic E-state index is 0.178. The third-order valence-corrected chi connectivity index (χ3v) is 3.89. The van der Waals surface area contributed by atoms with E-state index in [-0.39, 0.29) is 18.3 Å². The molecular weight excluding hydrogens is 320 g/mol. The summed E-state index contributed by atoms with van der Waals surface area (Å²) in [5.41, 5.74) is 1.33. The molecule has 6 atom stereocenters. The van der Waals surface area contributed by atoms with Gasteiger partial charge in [-0.15, -0.1) is 0 Å². The zero-order valence-electron chi connectivity index (χ0n) is 13.7. The van der Waals surface area contributed by atoms with Gasteiger partial charge in [0.1, 0.15) is 30.5 Å². The van der Waals surface area contributed by atoms with Gasteiger partial charge in [0.05, 0.1) is 18.8 Å². The van der Waals surface area contributed by atoms with Crippen molar-refractivity contribution in [3.8, 4) is 0 Å². The maximum Gasteiger partial charge on any atom is 0.336 e. The predicted octanol–water partition coefficient (Wildman–Crippen LogP) is -0.989. The molecule has 4 N–H and O–H groups in total. The van der Waals surface area contributed by atoms with Gasteiger partial charge in [-0.1, -0.05) is 11.6 Å². The Morgan fingerprint density at radius 1 is 1.29 bits per heavy atom. The average molecular weight is 344 g/mol. The molecule has 1 saturated heterocycles. The van der Waals surface area contributed by atoms with Gasteiger partial charge >= 0.3 is 5.97 Å². The van der Waals surface area contributed by atoms with Crippen molar-refractivity contribution in [2.45, 2.75) is 57.1 Å². The van der Waals surface area contributed by atoms with Crippen LogP contribution in [0.1, 0.15) is 20.3 Å². The second kappa shape index (κ2) is 8.19. The molecule has 6 unspecified atom stereocenters. The van der Waals surface area contributed by atoms with E-state index in [1.54, 1.807) is 6.08 Å². The summed E-state index contributed by atoms with van der Waals surface area (Å²) >= 11 is 0. The van der Waals surface area contributed by atoms with E-state index in [0.29, 0.717) is 6.42 Å². The standard InChI is InChI=1S/C16H24O8/c1-8(2)5-10-4-3-9(15(21)23-10)7-22-16-14(20)13(19)12(18)11(6-17)24-16/h3,5,10-14,16-20H,4,6-7H2,1-2H3. The Morgan fingerprint density at radius 3 is 2.58 bits per heavy atom. The normalized spacial score (nSPS) is 36.8. The highest BCUT2D eigenvalue weighted by Crippen LogP contribution is 2.23. The fourth-order valence-corrected chi connectivity index (χ4v) is 2.57. The van der Waals surface area contributed by atoms with Gasteiger partial charge in [0.2, 0.25) is 0 Å². The second-order valence-corrected chi connectivity index (χ2v) is 6.16. The van der Waals surface area contributed by atoms with Gasteiger partial charge in [-0.3, -0.25) is 0 Å². The number of rotatable bonds is 5. The van der Waals surface area contributed by atoms with E-state index in [1.165, 1.54) is 0 Å². The number of aliphatic hydroxyl groups is 4. The minimum Gasteiger partial charge on any atom is -0.454 e. The molecule has 0 bridgehead atoms. The molecule has 0 aromatic carbocycles. The van der Waals surface area contributed by atoms with E-state index in [2.05, 4.69) is 0 Å². The molecule has 8 nitrogen and oxygen atoms in total. The second-order valence-electron chi connectivity index (χ2n) is 6.16. The Kier molecular flexibility index (Phi) is 6.50. The number of aliphatic hydroxyl groups excluding tert-OH is 4. The SMILES string of the molecule is CC(C)=CC1CC=C(COC2OC(CO)C(O)C(O)C2O)C(=O)O1. The maximum atomic E-state index is 11.9. The molecule has 24 heavy (non-hydrogen) atoms. The smallest absolute Gasteiger partial charge is 0.336 e. The van der Waals surface area contributed by atoms with E-state index in [4.69, 9.17) is 19.3 Å². The van der Waals surface area contributed by atoms with Gasteiger partial charge in [0, 0.05) is 6.42 Å². The molecular formula is C16H24O8. The zero-order valence-corrected chi connectivity index (χ0v) is 13.7. The lowest BCUT2D eigenvalue weighted by Gasteiger charge is -2.39. The molecule has 2 aliphatic heterocycles. The van der Waals surface area contributed by atoms with E-state index < -0.39 is 43.3 Å². The van der Waals surface area contributed by atoms with Crippen molar-refractivity contribution in [2.75, 3.05) is 13.2 Å². The van der Waals surface area contributed by atoms with Crippen LogP contribution in [-0.4, -0.2) is 76.4 Å². The highest BCUT2D eigenvalue weighted by atomic mass is 16.7. The Balaban J connectivity index is 1.94. The molecule has 0 spiro atoms. The average Bonchev–Trinajstić information content (AvgIpc) is 2.53. The van der Waals surface area contributed by atoms with Gasteiger partial charge in [0.15, 0.2) is 6.29 Å². The number of hydrogen-bond acceptors (Lipinski definition) is 8. The van der Waals surface area contributed by atoms with E-state index in [9.17, 15) is 20.1 Å². The lowest BCUT2D eigenvalue weighted by molar-refractivity contribution is -0.299. The van der Waals surface area contributed by atoms with Crippen LogP contribution in [-0.2, 0) is 19.0 Å². The Bertz CT molecular complexity index is 508. The van der Waals surface area contributed by atoms with Crippen molar-refractivity contribution < 1.29 is 39.4 Å². The third kappa shape index (κ3) is 4.41. The van der Waals surface area contributed by atoms with Crippen LogP contribution in [0.2, 0.25) is 0 Å². The maximum absolute atomic E-state index is 11.9. The number of carbonyl (C=O) groups excluding carboxylic acids is 1. The summed E-state index contributed by atoms with van der Waals surface area (Å²) in [7, 11) is 0. The summed E-state index contributed by atoms with van der Waals surface area (Å²) in [6.07, 6.45) is -3.04. The first-order valence-corrected chi connectivity index (χ1v) is 7.80. The largest absolute Gasteiger partial charge is 0.454 e. The molecule has 2 aliphatic rings. The molecule has 0 saturated carbocycles. The summed E-state index contributed by atoms with van der Waals surface area (Å²) < 4.78 is 15.8. The number of ether oxygens (including phenoxy) is 3. The van der Waals surface area contributed by atoms with Crippen LogP contribution in [0.3, 0.4) is 0 Å². The van der Waals surface area contributed by atoms with Crippen molar-refractivity contribution in [2.24, 2.45) is 0 Å². The van der Waals surface area contributed by atoms with Gasteiger partial charge in [-0.05, 0) is 19.9 Å². The van der Waals surface area contributed by atoms with Crippen LogP contribution < -0.4 is 0 Å². The van der Waals surface area contributed by atoms with Gasteiger partial charge < -0.3 is 34.6 Å². The Morgan fingerprint density at radius 2 is 2.00 bits per heavy atom. The van der Waals surface area contributed by atoms with Crippen LogP contribution in [0, 0.1) is 0 Å². The highest BCUT2D eigenvalue weighted by molar-refractivity contribution is 5.89. The fraction of sp³-hybridized carbons (Fsp3) is 0.688. The summed E-state index contributed by atoms with van der Waals surface area (Å²) in [5.74, 6) is -0.520. The molecule has 2 rings (SSSR count). The Hall–Kier alpha value is -1.29. The number of esters is 1. The number of cyclic esters (lactones) is 1. The molecule has 2 heterocycles. The number of carbonyl (C=O) groups is 1. The van der Waals surface area contributed by atoms with Crippen molar-refractivity contribution in [3.63, 3.8) is 0 Å². The number of allylic oxidation sites excluding steroid dienone is 1. The topological polar surface area (TPSA) is 126 Å². The molecule has 0 aromatic rings. The van der Waals surface area contributed by atoms with Gasteiger partial charge in [-0.25, -0.2) is 4.79 Å². The first-order chi connectivity index (χ1) is 11.3. The first kappa shape index (κ1) is 19.0. The van der Waals surface area contributed by atoms with Crippen LogP contribution in [0.5, 0.6) is 0 Å².